The van der Waals surface area contributed by atoms with Gasteiger partial charge in [0.25, 0.3) is 0 Å². The molecule has 2 aromatic carbocycles. The van der Waals surface area contributed by atoms with Gasteiger partial charge in [0.05, 0.1) is 20.0 Å². The van der Waals surface area contributed by atoms with E-state index in [1.165, 1.54) is 46.3 Å². The highest BCUT2D eigenvalue weighted by Gasteiger charge is 2.33. The standard InChI is InChI=1S/C19H23FN2O5S/c1-19(2,22-28(24,25)12-13-7-5-6-8-15(13)20)18(23)21-14-9-10-16(26-3)17(11-14)27-4/h5-11,22H,12H2,1-4H3,(H,21,23). The van der Waals surface area contributed by atoms with E-state index in [4.69, 9.17) is 9.47 Å². The van der Waals surface area contributed by atoms with E-state index in [1.54, 1.807) is 24.3 Å². The van der Waals surface area contributed by atoms with Gasteiger partial charge in [-0.15, -0.1) is 0 Å². The van der Waals surface area contributed by atoms with Crippen molar-refractivity contribution in [1.29, 1.82) is 0 Å². The van der Waals surface area contributed by atoms with Gasteiger partial charge in [0.2, 0.25) is 15.9 Å². The third-order valence-corrected chi connectivity index (χ3v) is 5.44. The lowest BCUT2D eigenvalue weighted by atomic mass is 10.1. The number of amides is 1. The summed E-state index contributed by atoms with van der Waals surface area (Å²) in [6.07, 6.45) is 0. The smallest absolute Gasteiger partial charge is 0.245 e. The van der Waals surface area contributed by atoms with Gasteiger partial charge in [-0.1, -0.05) is 18.2 Å². The topological polar surface area (TPSA) is 93.7 Å². The molecule has 0 fully saturated rings. The van der Waals surface area contributed by atoms with Crippen molar-refractivity contribution in [3.63, 3.8) is 0 Å². The largest absolute Gasteiger partial charge is 0.493 e. The third-order valence-electron chi connectivity index (χ3n) is 3.92. The first-order chi connectivity index (χ1) is 13.1. The number of ether oxygens (including phenoxy) is 2. The van der Waals surface area contributed by atoms with Gasteiger partial charge in [-0.2, -0.15) is 4.72 Å². The summed E-state index contributed by atoms with van der Waals surface area (Å²) in [5.41, 5.74) is -1.05. The van der Waals surface area contributed by atoms with Crippen molar-refractivity contribution < 1.29 is 27.1 Å². The van der Waals surface area contributed by atoms with Crippen LogP contribution in [0.15, 0.2) is 42.5 Å². The Labute approximate surface area is 163 Å². The molecule has 0 aliphatic heterocycles. The van der Waals surface area contributed by atoms with E-state index in [2.05, 4.69) is 10.0 Å². The molecule has 7 nitrogen and oxygen atoms in total. The molecule has 2 rings (SSSR count). The molecular formula is C19H23FN2O5S. The van der Waals surface area contributed by atoms with Gasteiger partial charge in [-0.25, -0.2) is 12.8 Å². The molecule has 0 atom stereocenters. The van der Waals surface area contributed by atoms with Crippen molar-refractivity contribution in [2.45, 2.75) is 25.1 Å². The Morgan fingerprint density at radius 2 is 1.71 bits per heavy atom. The quantitative estimate of drug-likeness (QED) is 0.698. The third kappa shape index (κ3) is 5.43. The molecule has 0 bridgehead atoms. The summed E-state index contributed by atoms with van der Waals surface area (Å²) in [5, 5.41) is 2.63. The number of nitrogens with one attached hydrogen (secondary N) is 2. The van der Waals surface area contributed by atoms with E-state index >= 15 is 0 Å². The van der Waals surface area contributed by atoms with Crippen LogP contribution in [0.25, 0.3) is 0 Å². The average Bonchev–Trinajstić information content (AvgIpc) is 2.62. The van der Waals surface area contributed by atoms with Gasteiger partial charge in [-0.05, 0) is 32.0 Å². The molecule has 0 heterocycles. The number of benzene rings is 2. The van der Waals surface area contributed by atoms with Gasteiger partial charge < -0.3 is 14.8 Å². The average molecular weight is 410 g/mol. The lowest BCUT2D eigenvalue weighted by molar-refractivity contribution is -0.120. The maximum Gasteiger partial charge on any atom is 0.245 e. The SMILES string of the molecule is COc1ccc(NC(=O)C(C)(C)NS(=O)(=O)Cc2ccccc2F)cc1OC. The second-order valence-electron chi connectivity index (χ2n) is 6.60. The summed E-state index contributed by atoms with van der Waals surface area (Å²) >= 11 is 0. The summed E-state index contributed by atoms with van der Waals surface area (Å²) in [6, 6.07) is 10.3. The van der Waals surface area contributed by atoms with E-state index in [-0.39, 0.29) is 5.56 Å². The molecule has 0 aliphatic carbocycles. The minimum Gasteiger partial charge on any atom is -0.493 e. The Morgan fingerprint density at radius 1 is 1.07 bits per heavy atom. The Kier molecular flexibility index (Phi) is 6.63. The normalized spacial score (nSPS) is 11.8. The van der Waals surface area contributed by atoms with Crippen molar-refractivity contribution in [1.82, 2.24) is 4.72 Å². The van der Waals surface area contributed by atoms with Crippen LogP contribution in [-0.2, 0) is 20.6 Å². The van der Waals surface area contributed by atoms with Crippen molar-refractivity contribution in [3.05, 3.63) is 53.8 Å². The molecule has 2 N–H and O–H groups in total. The molecule has 0 saturated carbocycles. The molecule has 0 aromatic heterocycles. The summed E-state index contributed by atoms with van der Waals surface area (Å²) in [4.78, 5) is 12.6. The fraction of sp³-hybridized carbons (Fsp3) is 0.316. The van der Waals surface area contributed by atoms with Crippen LogP contribution in [0.1, 0.15) is 19.4 Å². The maximum atomic E-state index is 13.7. The van der Waals surface area contributed by atoms with Gasteiger partial charge in [-0.3, -0.25) is 4.79 Å². The first kappa shape index (κ1) is 21.6. The van der Waals surface area contributed by atoms with Crippen LogP contribution < -0.4 is 19.5 Å². The van der Waals surface area contributed by atoms with Crippen LogP contribution in [0.3, 0.4) is 0 Å². The molecule has 0 aliphatic rings. The van der Waals surface area contributed by atoms with E-state index < -0.39 is 33.0 Å². The van der Waals surface area contributed by atoms with Gasteiger partial charge in [0, 0.05) is 17.3 Å². The number of anilines is 1. The van der Waals surface area contributed by atoms with E-state index in [0.717, 1.165) is 0 Å². The Bertz CT molecular complexity index is 961. The van der Waals surface area contributed by atoms with Crippen molar-refractivity contribution in [2.24, 2.45) is 0 Å². The predicted octanol–water partition coefficient (Wildman–Crippen LogP) is 2.68. The highest BCUT2D eigenvalue weighted by atomic mass is 32.2. The summed E-state index contributed by atoms with van der Waals surface area (Å²) in [6.45, 7) is 2.84. The van der Waals surface area contributed by atoms with Crippen LogP contribution in [0.2, 0.25) is 0 Å². The van der Waals surface area contributed by atoms with Crippen molar-refractivity contribution >= 4 is 21.6 Å². The van der Waals surface area contributed by atoms with Gasteiger partial charge in [0.1, 0.15) is 11.4 Å². The molecule has 152 valence electrons. The van der Waals surface area contributed by atoms with Gasteiger partial charge in [0.15, 0.2) is 11.5 Å². The van der Waals surface area contributed by atoms with Gasteiger partial charge >= 0.3 is 0 Å². The number of methoxy groups -OCH3 is 2. The monoisotopic (exact) mass is 410 g/mol. The van der Waals surface area contributed by atoms with E-state index in [9.17, 15) is 17.6 Å². The second kappa shape index (κ2) is 8.57. The van der Waals surface area contributed by atoms with Crippen LogP contribution in [-0.4, -0.2) is 34.1 Å². The number of hydrogen-bond acceptors (Lipinski definition) is 5. The molecular weight excluding hydrogens is 387 g/mol. The number of hydrogen-bond donors (Lipinski definition) is 2. The van der Waals surface area contributed by atoms with Crippen LogP contribution >= 0.6 is 0 Å². The van der Waals surface area contributed by atoms with Crippen LogP contribution in [0.4, 0.5) is 10.1 Å². The lowest BCUT2D eigenvalue weighted by Gasteiger charge is -2.25. The van der Waals surface area contributed by atoms with Crippen LogP contribution in [0.5, 0.6) is 11.5 Å². The Hall–Kier alpha value is -2.65. The molecule has 0 unspecified atom stereocenters. The number of rotatable bonds is 8. The minimum absolute atomic E-state index is 0.0195. The zero-order valence-corrected chi connectivity index (χ0v) is 16.9. The molecule has 0 spiro atoms. The van der Waals surface area contributed by atoms with Crippen molar-refractivity contribution in [3.8, 4) is 11.5 Å². The maximum absolute atomic E-state index is 13.7. The second-order valence-corrected chi connectivity index (χ2v) is 8.32. The first-order valence-corrected chi connectivity index (χ1v) is 10.0. The summed E-state index contributed by atoms with van der Waals surface area (Å²) in [7, 11) is -1.02. The molecule has 2 aromatic rings. The van der Waals surface area contributed by atoms with E-state index in [0.29, 0.717) is 17.2 Å². The van der Waals surface area contributed by atoms with Crippen molar-refractivity contribution in [2.75, 3.05) is 19.5 Å². The number of carbonyl (C=O) groups is 1. The zero-order chi connectivity index (χ0) is 20.9. The fourth-order valence-electron chi connectivity index (χ4n) is 2.49. The number of carbonyl (C=O) groups excluding carboxylic acids is 1. The lowest BCUT2D eigenvalue weighted by Crippen LogP contribution is -2.52. The molecule has 0 radical (unpaired) electrons. The Morgan fingerprint density at radius 3 is 2.32 bits per heavy atom. The summed E-state index contributed by atoms with van der Waals surface area (Å²) in [5.74, 6) is -0.881. The number of sulfonamides is 1. The predicted molar refractivity (Wildman–Crippen MR) is 104 cm³/mol. The summed E-state index contributed by atoms with van der Waals surface area (Å²) < 4.78 is 51.2. The molecule has 9 heteroatoms. The molecule has 0 saturated heterocycles. The molecule has 1 amide bonds. The number of halogens is 1. The van der Waals surface area contributed by atoms with E-state index in [1.807, 2.05) is 0 Å². The van der Waals surface area contributed by atoms with Crippen LogP contribution in [0, 0.1) is 5.82 Å². The fourth-order valence-corrected chi connectivity index (χ4v) is 4.08. The first-order valence-electron chi connectivity index (χ1n) is 8.36. The molecule has 28 heavy (non-hydrogen) atoms. The highest BCUT2D eigenvalue weighted by molar-refractivity contribution is 7.88. The highest BCUT2D eigenvalue weighted by Crippen LogP contribution is 2.30. The zero-order valence-electron chi connectivity index (χ0n) is 16.1. The Balaban J connectivity index is 2.13. The minimum atomic E-state index is -3.97.